The standard InChI is InChI=1S/C13H20N4O3/c1-2-3-4-11(9-14)16-13(18)15-10-5-7-12(8-6-10)17(19)20/h5-8,11H,2-4,9,14H2,1H3,(H2,15,16,18). The third kappa shape index (κ3) is 5.23. The van der Waals surface area contributed by atoms with Crippen LogP contribution < -0.4 is 16.4 Å². The van der Waals surface area contributed by atoms with Gasteiger partial charge >= 0.3 is 6.03 Å². The van der Waals surface area contributed by atoms with Crippen molar-refractivity contribution >= 4 is 17.4 Å². The highest BCUT2D eigenvalue weighted by molar-refractivity contribution is 5.89. The van der Waals surface area contributed by atoms with Crippen molar-refractivity contribution in [2.24, 2.45) is 5.73 Å². The molecule has 0 aromatic heterocycles. The molecular weight excluding hydrogens is 260 g/mol. The number of carbonyl (C=O) groups is 1. The molecule has 20 heavy (non-hydrogen) atoms. The maximum atomic E-state index is 11.8. The molecule has 0 bridgehead atoms. The molecule has 0 aliphatic carbocycles. The monoisotopic (exact) mass is 280 g/mol. The van der Waals surface area contributed by atoms with Gasteiger partial charge in [-0.15, -0.1) is 0 Å². The number of hydrogen-bond donors (Lipinski definition) is 3. The van der Waals surface area contributed by atoms with Gasteiger partial charge < -0.3 is 16.4 Å². The van der Waals surface area contributed by atoms with Gasteiger partial charge in [0, 0.05) is 30.4 Å². The van der Waals surface area contributed by atoms with Gasteiger partial charge in [-0.3, -0.25) is 10.1 Å². The van der Waals surface area contributed by atoms with Crippen molar-refractivity contribution in [3.8, 4) is 0 Å². The number of nitrogens with zero attached hydrogens (tertiary/aromatic N) is 1. The number of nitrogens with one attached hydrogen (secondary N) is 2. The molecule has 4 N–H and O–H groups in total. The second kappa shape index (κ2) is 8.11. The van der Waals surface area contributed by atoms with Gasteiger partial charge in [0.05, 0.1) is 4.92 Å². The predicted octanol–water partition coefficient (Wildman–Crippen LogP) is 2.23. The van der Waals surface area contributed by atoms with Gasteiger partial charge in [0.25, 0.3) is 5.69 Å². The minimum absolute atomic E-state index is 0.0151. The molecular formula is C13H20N4O3. The first-order valence-corrected chi connectivity index (χ1v) is 6.58. The largest absolute Gasteiger partial charge is 0.334 e. The van der Waals surface area contributed by atoms with Crippen LogP contribution in [0.15, 0.2) is 24.3 Å². The highest BCUT2D eigenvalue weighted by Gasteiger charge is 2.11. The fourth-order valence-corrected chi connectivity index (χ4v) is 1.72. The smallest absolute Gasteiger partial charge is 0.319 e. The van der Waals surface area contributed by atoms with E-state index in [1.165, 1.54) is 24.3 Å². The highest BCUT2D eigenvalue weighted by atomic mass is 16.6. The second-order valence-corrected chi connectivity index (χ2v) is 4.48. The number of nitro groups is 1. The zero-order chi connectivity index (χ0) is 15.0. The van der Waals surface area contributed by atoms with E-state index in [4.69, 9.17) is 5.73 Å². The van der Waals surface area contributed by atoms with Crippen molar-refractivity contribution < 1.29 is 9.72 Å². The van der Waals surface area contributed by atoms with Crippen LogP contribution in [0.5, 0.6) is 0 Å². The normalized spacial score (nSPS) is 11.7. The Kier molecular flexibility index (Phi) is 6.45. The Balaban J connectivity index is 2.50. The maximum absolute atomic E-state index is 11.8. The molecule has 110 valence electrons. The zero-order valence-electron chi connectivity index (χ0n) is 11.5. The molecule has 7 heteroatoms. The van der Waals surface area contributed by atoms with Gasteiger partial charge in [-0.1, -0.05) is 19.8 Å². The molecule has 0 saturated carbocycles. The van der Waals surface area contributed by atoms with Crippen LogP contribution in [0.4, 0.5) is 16.2 Å². The summed E-state index contributed by atoms with van der Waals surface area (Å²) in [6.07, 6.45) is 2.88. The number of non-ortho nitro benzene ring substituents is 1. The number of rotatable bonds is 7. The van der Waals surface area contributed by atoms with Crippen LogP contribution in [-0.2, 0) is 0 Å². The quantitative estimate of drug-likeness (QED) is 0.525. The minimum atomic E-state index is -0.487. The summed E-state index contributed by atoms with van der Waals surface area (Å²) in [6.45, 7) is 2.46. The zero-order valence-corrected chi connectivity index (χ0v) is 11.5. The van der Waals surface area contributed by atoms with Crippen molar-refractivity contribution in [3.63, 3.8) is 0 Å². The van der Waals surface area contributed by atoms with Crippen LogP contribution in [0.1, 0.15) is 26.2 Å². The first-order valence-electron chi connectivity index (χ1n) is 6.58. The molecule has 1 aromatic carbocycles. The molecule has 0 fully saturated rings. The molecule has 0 heterocycles. The summed E-state index contributed by atoms with van der Waals surface area (Å²) in [6, 6.07) is 5.24. The summed E-state index contributed by atoms with van der Waals surface area (Å²) in [5.74, 6) is 0. The second-order valence-electron chi connectivity index (χ2n) is 4.48. The molecule has 7 nitrogen and oxygen atoms in total. The molecule has 0 aliphatic heterocycles. The average Bonchev–Trinajstić information content (AvgIpc) is 2.43. The molecule has 1 aromatic rings. The van der Waals surface area contributed by atoms with Crippen LogP contribution in [0.25, 0.3) is 0 Å². The van der Waals surface area contributed by atoms with Crippen LogP contribution in [0, 0.1) is 10.1 Å². The number of carbonyl (C=O) groups excluding carboxylic acids is 1. The molecule has 1 rings (SSSR count). The number of urea groups is 1. The summed E-state index contributed by atoms with van der Waals surface area (Å²) in [5, 5.41) is 15.9. The van der Waals surface area contributed by atoms with E-state index in [2.05, 4.69) is 17.6 Å². The topological polar surface area (TPSA) is 110 Å². The lowest BCUT2D eigenvalue weighted by atomic mass is 10.1. The van der Waals surface area contributed by atoms with E-state index < -0.39 is 4.92 Å². The van der Waals surface area contributed by atoms with Gasteiger partial charge in [-0.25, -0.2) is 4.79 Å². The van der Waals surface area contributed by atoms with Crippen LogP contribution in [0.2, 0.25) is 0 Å². The van der Waals surface area contributed by atoms with Gasteiger partial charge in [-0.05, 0) is 18.6 Å². The molecule has 1 atom stereocenters. The summed E-state index contributed by atoms with van der Waals surface area (Å²) in [7, 11) is 0. The SMILES string of the molecule is CCCCC(CN)NC(=O)Nc1ccc([N+](=O)[O-])cc1. The minimum Gasteiger partial charge on any atom is -0.334 e. The summed E-state index contributed by atoms with van der Waals surface area (Å²) in [5.41, 5.74) is 6.08. The number of nitrogens with two attached hydrogens (primary N) is 1. The van der Waals surface area contributed by atoms with Gasteiger partial charge in [-0.2, -0.15) is 0 Å². The number of amides is 2. The molecule has 0 aliphatic rings. The highest BCUT2D eigenvalue weighted by Crippen LogP contribution is 2.15. The Bertz CT molecular complexity index is 447. The van der Waals surface area contributed by atoms with E-state index in [1.807, 2.05) is 0 Å². The first kappa shape index (κ1) is 15.9. The van der Waals surface area contributed by atoms with E-state index >= 15 is 0 Å². The van der Waals surface area contributed by atoms with E-state index in [-0.39, 0.29) is 17.8 Å². The Hall–Kier alpha value is -2.15. The number of benzene rings is 1. The molecule has 0 spiro atoms. The van der Waals surface area contributed by atoms with Crippen LogP contribution in [0.3, 0.4) is 0 Å². The third-order valence-electron chi connectivity index (χ3n) is 2.86. The Morgan fingerprint density at radius 2 is 2.05 bits per heavy atom. The van der Waals surface area contributed by atoms with Crippen molar-refractivity contribution in [1.82, 2.24) is 5.32 Å². The van der Waals surface area contributed by atoms with Gasteiger partial charge in [0.2, 0.25) is 0 Å². The van der Waals surface area contributed by atoms with Crippen molar-refractivity contribution in [3.05, 3.63) is 34.4 Å². The Morgan fingerprint density at radius 1 is 1.40 bits per heavy atom. The van der Waals surface area contributed by atoms with E-state index in [1.54, 1.807) is 0 Å². The van der Waals surface area contributed by atoms with E-state index in [0.29, 0.717) is 12.2 Å². The van der Waals surface area contributed by atoms with Crippen molar-refractivity contribution in [2.75, 3.05) is 11.9 Å². The fourth-order valence-electron chi connectivity index (χ4n) is 1.72. The van der Waals surface area contributed by atoms with E-state index in [9.17, 15) is 14.9 Å². The van der Waals surface area contributed by atoms with Gasteiger partial charge in [0.1, 0.15) is 0 Å². The van der Waals surface area contributed by atoms with Crippen molar-refractivity contribution in [1.29, 1.82) is 0 Å². The molecule has 1 unspecified atom stereocenters. The van der Waals surface area contributed by atoms with E-state index in [0.717, 1.165) is 19.3 Å². The third-order valence-corrected chi connectivity index (χ3v) is 2.86. The lowest BCUT2D eigenvalue weighted by Gasteiger charge is -2.16. The lowest BCUT2D eigenvalue weighted by molar-refractivity contribution is -0.384. The van der Waals surface area contributed by atoms with Crippen LogP contribution in [-0.4, -0.2) is 23.5 Å². The number of anilines is 1. The molecule has 0 saturated heterocycles. The van der Waals surface area contributed by atoms with Crippen LogP contribution >= 0.6 is 0 Å². The number of unbranched alkanes of at least 4 members (excludes halogenated alkanes) is 1. The lowest BCUT2D eigenvalue weighted by Crippen LogP contribution is -2.42. The number of hydrogen-bond acceptors (Lipinski definition) is 4. The first-order chi connectivity index (χ1) is 9.56. The maximum Gasteiger partial charge on any atom is 0.319 e. The predicted molar refractivity (Wildman–Crippen MR) is 77.6 cm³/mol. The summed E-state index contributed by atoms with van der Waals surface area (Å²) >= 11 is 0. The summed E-state index contributed by atoms with van der Waals surface area (Å²) in [4.78, 5) is 21.8. The van der Waals surface area contributed by atoms with Crippen molar-refractivity contribution in [2.45, 2.75) is 32.2 Å². The summed E-state index contributed by atoms with van der Waals surface area (Å²) < 4.78 is 0. The van der Waals surface area contributed by atoms with Gasteiger partial charge in [0.15, 0.2) is 0 Å². The average molecular weight is 280 g/mol. The number of nitro benzene ring substituents is 1. The Labute approximate surface area is 117 Å². The molecule has 2 amide bonds. The molecule has 0 radical (unpaired) electrons. The fraction of sp³-hybridized carbons (Fsp3) is 0.462. The Morgan fingerprint density at radius 3 is 2.55 bits per heavy atom.